The molecule has 0 radical (unpaired) electrons. The third-order valence-electron chi connectivity index (χ3n) is 2.17. The molecule has 6 heteroatoms. The summed E-state index contributed by atoms with van der Waals surface area (Å²) in [5.41, 5.74) is 6.64. The molecule has 0 amide bonds. The van der Waals surface area contributed by atoms with Gasteiger partial charge in [0.1, 0.15) is 9.84 Å². The molecule has 3 nitrogen and oxygen atoms in total. The highest BCUT2D eigenvalue weighted by molar-refractivity contribution is 7.90. The molecule has 16 heavy (non-hydrogen) atoms. The van der Waals surface area contributed by atoms with Crippen LogP contribution in [-0.2, 0) is 9.84 Å². The van der Waals surface area contributed by atoms with Gasteiger partial charge in [0.05, 0.1) is 15.8 Å². The van der Waals surface area contributed by atoms with Gasteiger partial charge in [0, 0.05) is 12.3 Å². The van der Waals surface area contributed by atoms with Crippen molar-refractivity contribution in [1.82, 2.24) is 0 Å². The molecule has 1 aromatic rings. The SMILES string of the molecule is CS(=O)(=O)CCC(N)c1ccc(Cl)c(Cl)c1. The van der Waals surface area contributed by atoms with Crippen LogP contribution in [0.1, 0.15) is 18.0 Å². The number of nitrogens with two attached hydrogens (primary N) is 1. The summed E-state index contributed by atoms with van der Waals surface area (Å²) in [6.07, 6.45) is 1.56. The molecule has 1 aromatic carbocycles. The highest BCUT2D eigenvalue weighted by Crippen LogP contribution is 2.26. The minimum absolute atomic E-state index is 0.0639. The molecule has 90 valence electrons. The zero-order valence-corrected chi connectivity index (χ0v) is 11.1. The largest absolute Gasteiger partial charge is 0.324 e. The Morgan fingerprint density at radius 1 is 1.31 bits per heavy atom. The third kappa shape index (κ3) is 4.29. The molecule has 0 aliphatic heterocycles. The zero-order valence-electron chi connectivity index (χ0n) is 8.78. The summed E-state index contributed by atoms with van der Waals surface area (Å²) in [5.74, 6) is 0.0639. The number of sulfone groups is 1. The average Bonchev–Trinajstić information content (AvgIpc) is 2.17. The maximum absolute atomic E-state index is 11.0. The van der Waals surface area contributed by atoms with Crippen LogP contribution in [0.3, 0.4) is 0 Å². The molecule has 0 saturated carbocycles. The molecule has 0 heterocycles. The maximum Gasteiger partial charge on any atom is 0.147 e. The second-order valence-electron chi connectivity index (χ2n) is 3.70. The first-order valence-electron chi connectivity index (χ1n) is 4.68. The van der Waals surface area contributed by atoms with Crippen molar-refractivity contribution in [2.24, 2.45) is 5.73 Å². The standard InChI is InChI=1S/C10H13Cl2NO2S/c1-16(14,15)5-4-10(13)7-2-3-8(11)9(12)6-7/h2-3,6,10H,4-5,13H2,1H3. The zero-order chi connectivity index (χ0) is 12.3. The van der Waals surface area contributed by atoms with Crippen LogP contribution in [-0.4, -0.2) is 20.4 Å². The molecule has 0 aliphatic rings. The predicted octanol–water partition coefficient (Wildman–Crippen LogP) is 2.43. The van der Waals surface area contributed by atoms with Gasteiger partial charge in [0.2, 0.25) is 0 Å². The molecule has 0 aliphatic carbocycles. The highest BCUT2D eigenvalue weighted by atomic mass is 35.5. The molecule has 2 N–H and O–H groups in total. The van der Waals surface area contributed by atoms with Gasteiger partial charge in [0.15, 0.2) is 0 Å². The average molecular weight is 282 g/mol. The van der Waals surface area contributed by atoms with Crippen molar-refractivity contribution in [2.45, 2.75) is 12.5 Å². The van der Waals surface area contributed by atoms with Gasteiger partial charge in [0.25, 0.3) is 0 Å². The molecule has 0 saturated heterocycles. The van der Waals surface area contributed by atoms with E-state index in [1.165, 1.54) is 6.26 Å². The Balaban J connectivity index is 2.73. The highest BCUT2D eigenvalue weighted by Gasteiger charge is 2.11. The summed E-state index contributed by atoms with van der Waals surface area (Å²) >= 11 is 11.6. The Labute approximate surface area is 105 Å². The Hall–Kier alpha value is -0.290. The lowest BCUT2D eigenvalue weighted by Crippen LogP contribution is -2.15. The molecule has 1 unspecified atom stereocenters. The van der Waals surface area contributed by atoms with Crippen molar-refractivity contribution in [3.05, 3.63) is 33.8 Å². The minimum atomic E-state index is -2.98. The lowest BCUT2D eigenvalue weighted by Gasteiger charge is -2.12. The fourth-order valence-corrected chi connectivity index (χ4v) is 2.24. The van der Waals surface area contributed by atoms with Crippen LogP contribution >= 0.6 is 23.2 Å². The van der Waals surface area contributed by atoms with E-state index in [1.54, 1.807) is 18.2 Å². The third-order valence-corrected chi connectivity index (χ3v) is 3.89. The second-order valence-corrected chi connectivity index (χ2v) is 6.77. The van der Waals surface area contributed by atoms with Crippen LogP contribution in [0, 0.1) is 0 Å². The van der Waals surface area contributed by atoms with Gasteiger partial charge >= 0.3 is 0 Å². The van der Waals surface area contributed by atoms with Crippen LogP contribution in [0.5, 0.6) is 0 Å². The number of rotatable bonds is 4. The molecule has 1 rings (SSSR count). The summed E-state index contributed by atoms with van der Waals surface area (Å²) in [6.45, 7) is 0. The molecule has 0 spiro atoms. The smallest absolute Gasteiger partial charge is 0.147 e. The van der Waals surface area contributed by atoms with Gasteiger partial charge in [-0.3, -0.25) is 0 Å². The number of halogens is 2. The van der Waals surface area contributed by atoms with Crippen molar-refractivity contribution >= 4 is 33.0 Å². The summed E-state index contributed by atoms with van der Waals surface area (Å²) in [7, 11) is -2.98. The Kier molecular flexibility index (Phi) is 4.62. The molecule has 0 fully saturated rings. The van der Waals surface area contributed by atoms with E-state index in [4.69, 9.17) is 28.9 Å². The van der Waals surface area contributed by atoms with Crippen molar-refractivity contribution in [2.75, 3.05) is 12.0 Å². The molecule has 1 atom stereocenters. The quantitative estimate of drug-likeness (QED) is 0.922. The second kappa shape index (κ2) is 5.36. The van der Waals surface area contributed by atoms with E-state index in [9.17, 15) is 8.42 Å². The van der Waals surface area contributed by atoms with E-state index in [2.05, 4.69) is 0 Å². The van der Waals surface area contributed by atoms with Gasteiger partial charge in [-0.15, -0.1) is 0 Å². The van der Waals surface area contributed by atoms with E-state index in [0.717, 1.165) is 5.56 Å². The fraction of sp³-hybridized carbons (Fsp3) is 0.400. The first-order chi connectivity index (χ1) is 7.29. The van der Waals surface area contributed by atoms with Gasteiger partial charge in [-0.2, -0.15) is 0 Å². The normalized spacial score (nSPS) is 13.8. The van der Waals surface area contributed by atoms with E-state index < -0.39 is 9.84 Å². The summed E-state index contributed by atoms with van der Waals surface area (Å²) in [4.78, 5) is 0. The van der Waals surface area contributed by atoms with Gasteiger partial charge in [-0.05, 0) is 24.1 Å². The van der Waals surface area contributed by atoms with Crippen molar-refractivity contribution < 1.29 is 8.42 Å². The summed E-state index contributed by atoms with van der Waals surface area (Å²) in [5, 5.41) is 0.884. The van der Waals surface area contributed by atoms with Gasteiger partial charge < -0.3 is 5.73 Å². The lowest BCUT2D eigenvalue weighted by atomic mass is 10.1. The first-order valence-corrected chi connectivity index (χ1v) is 7.49. The molecular formula is C10H13Cl2NO2S. The molecular weight excluding hydrogens is 269 g/mol. The Morgan fingerprint density at radius 2 is 1.94 bits per heavy atom. The maximum atomic E-state index is 11.0. The van der Waals surface area contributed by atoms with Crippen LogP contribution < -0.4 is 5.73 Å². The topological polar surface area (TPSA) is 60.2 Å². The first kappa shape index (κ1) is 13.8. The number of benzene rings is 1. The van der Waals surface area contributed by atoms with E-state index >= 15 is 0 Å². The summed E-state index contributed by atoms with van der Waals surface area (Å²) < 4.78 is 22.0. The monoisotopic (exact) mass is 281 g/mol. The van der Waals surface area contributed by atoms with Crippen molar-refractivity contribution in [3.8, 4) is 0 Å². The molecule has 0 aromatic heterocycles. The van der Waals surface area contributed by atoms with Crippen LogP contribution in [0.2, 0.25) is 10.0 Å². The van der Waals surface area contributed by atoms with E-state index in [1.807, 2.05) is 0 Å². The fourth-order valence-electron chi connectivity index (χ4n) is 1.25. The Morgan fingerprint density at radius 3 is 2.44 bits per heavy atom. The van der Waals surface area contributed by atoms with Crippen LogP contribution in [0.25, 0.3) is 0 Å². The number of hydrogen-bond donors (Lipinski definition) is 1. The van der Waals surface area contributed by atoms with Gasteiger partial charge in [-0.25, -0.2) is 8.42 Å². The predicted molar refractivity (Wildman–Crippen MR) is 67.7 cm³/mol. The minimum Gasteiger partial charge on any atom is -0.324 e. The number of hydrogen-bond acceptors (Lipinski definition) is 3. The van der Waals surface area contributed by atoms with Gasteiger partial charge in [-0.1, -0.05) is 29.3 Å². The Bertz CT molecular complexity index is 474. The lowest BCUT2D eigenvalue weighted by molar-refractivity contribution is 0.592. The van der Waals surface area contributed by atoms with Crippen LogP contribution in [0.4, 0.5) is 0 Å². The van der Waals surface area contributed by atoms with E-state index in [0.29, 0.717) is 16.5 Å². The van der Waals surface area contributed by atoms with E-state index in [-0.39, 0.29) is 11.8 Å². The van der Waals surface area contributed by atoms with Crippen LogP contribution in [0.15, 0.2) is 18.2 Å². The summed E-state index contributed by atoms with van der Waals surface area (Å²) in [6, 6.07) is 4.72. The molecule has 0 bridgehead atoms. The van der Waals surface area contributed by atoms with Crippen molar-refractivity contribution in [1.29, 1.82) is 0 Å². The van der Waals surface area contributed by atoms with Crippen molar-refractivity contribution in [3.63, 3.8) is 0 Å².